The summed E-state index contributed by atoms with van der Waals surface area (Å²) in [5, 5.41) is 2.03. The first-order valence-electron chi connectivity index (χ1n) is 4.72. The number of hydrazine groups is 1. The Labute approximate surface area is 78.9 Å². The lowest BCUT2D eigenvalue weighted by molar-refractivity contribution is 0.0246. The van der Waals surface area contributed by atoms with E-state index in [0.29, 0.717) is 5.96 Å². The molecular formula is C8H18N4O. The zero-order chi connectivity index (χ0) is 9.52. The lowest BCUT2D eigenvalue weighted by Gasteiger charge is -2.27. The van der Waals surface area contributed by atoms with E-state index in [2.05, 4.69) is 17.3 Å². The van der Waals surface area contributed by atoms with Gasteiger partial charge in [-0.25, -0.2) is 5.01 Å². The summed E-state index contributed by atoms with van der Waals surface area (Å²) in [5.74, 6) is 0.503. The van der Waals surface area contributed by atoms with Crippen molar-refractivity contribution in [2.75, 3.05) is 32.8 Å². The third-order valence-electron chi connectivity index (χ3n) is 1.79. The van der Waals surface area contributed by atoms with E-state index in [-0.39, 0.29) is 0 Å². The molecule has 1 heterocycles. The van der Waals surface area contributed by atoms with Crippen LogP contribution < -0.4 is 11.2 Å². The van der Waals surface area contributed by atoms with E-state index in [9.17, 15) is 0 Å². The second kappa shape index (κ2) is 5.77. The summed E-state index contributed by atoms with van der Waals surface area (Å²) in [6.07, 6.45) is 1.02. The van der Waals surface area contributed by atoms with E-state index in [0.717, 1.165) is 39.3 Å². The molecule has 0 saturated carbocycles. The molecule has 1 rings (SSSR count). The molecule has 0 aromatic carbocycles. The standard InChI is InChI=1S/C8H18N4O/c1-2-3-10-8(9)11-12-4-6-13-7-5-12/h2-7H2,1H3,(H3,9,10,11). The van der Waals surface area contributed by atoms with E-state index in [1.165, 1.54) is 0 Å². The summed E-state index contributed by atoms with van der Waals surface area (Å²) in [7, 11) is 0. The van der Waals surface area contributed by atoms with Crippen molar-refractivity contribution < 1.29 is 4.74 Å². The molecule has 5 heteroatoms. The van der Waals surface area contributed by atoms with Crippen molar-refractivity contribution in [3.63, 3.8) is 0 Å². The molecule has 13 heavy (non-hydrogen) atoms. The van der Waals surface area contributed by atoms with Crippen molar-refractivity contribution in [3.05, 3.63) is 0 Å². The van der Waals surface area contributed by atoms with Gasteiger partial charge in [0.05, 0.1) is 13.2 Å². The molecule has 0 atom stereocenters. The minimum Gasteiger partial charge on any atom is -0.379 e. The first-order valence-corrected chi connectivity index (χ1v) is 4.72. The van der Waals surface area contributed by atoms with Crippen LogP contribution >= 0.6 is 0 Å². The molecule has 0 unspecified atom stereocenters. The molecular weight excluding hydrogens is 168 g/mol. The van der Waals surface area contributed by atoms with Crippen LogP contribution in [0.3, 0.4) is 0 Å². The van der Waals surface area contributed by atoms with Gasteiger partial charge in [-0.1, -0.05) is 6.92 Å². The fraction of sp³-hybridized carbons (Fsp3) is 0.875. The van der Waals surface area contributed by atoms with Crippen molar-refractivity contribution in [1.29, 1.82) is 0 Å². The number of rotatable bonds is 3. The highest BCUT2D eigenvalue weighted by Crippen LogP contribution is 1.91. The maximum absolute atomic E-state index is 5.65. The molecule has 5 nitrogen and oxygen atoms in total. The molecule has 0 aliphatic carbocycles. The van der Waals surface area contributed by atoms with Crippen molar-refractivity contribution in [2.45, 2.75) is 13.3 Å². The van der Waals surface area contributed by atoms with Crippen LogP contribution in [0.4, 0.5) is 0 Å². The highest BCUT2D eigenvalue weighted by molar-refractivity contribution is 5.77. The Morgan fingerprint density at radius 3 is 2.85 bits per heavy atom. The average Bonchev–Trinajstić information content (AvgIpc) is 2.16. The monoisotopic (exact) mass is 186 g/mol. The van der Waals surface area contributed by atoms with E-state index in [1.807, 2.05) is 5.01 Å². The van der Waals surface area contributed by atoms with Crippen LogP contribution in [-0.4, -0.2) is 43.8 Å². The van der Waals surface area contributed by atoms with Gasteiger partial charge in [-0.15, -0.1) is 0 Å². The van der Waals surface area contributed by atoms with Gasteiger partial charge in [0.25, 0.3) is 0 Å². The van der Waals surface area contributed by atoms with Gasteiger partial charge in [-0.3, -0.25) is 10.4 Å². The molecule has 1 aliphatic rings. The normalized spacial score (nSPS) is 20.2. The summed E-state index contributed by atoms with van der Waals surface area (Å²) < 4.78 is 5.20. The summed E-state index contributed by atoms with van der Waals surface area (Å²) in [6, 6.07) is 0. The minimum absolute atomic E-state index is 0.503. The number of nitrogens with two attached hydrogens (primary N) is 1. The van der Waals surface area contributed by atoms with Crippen LogP contribution in [0, 0.1) is 0 Å². The van der Waals surface area contributed by atoms with Crippen LogP contribution in [0.15, 0.2) is 4.99 Å². The number of nitrogens with one attached hydrogen (secondary N) is 1. The zero-order valence-corrected chi connectivity index (χ0v) is 8.12. The third-order valence-corrected chi connectivity index (χ3v) is 1.79. The predicted molar refractivity (Wildman–Crippen MR) is 52.3 cm³/mol. The average molecular weight is 186 g/mol. The van der Waals surface area contributed by atoms with Crippen LogP contribution in [0.2, 0.25) is 0 Å². The summed E-state index contributed by atoms with van der Waals surface area (Å²) in [6.45, 7) is 6.10. The number of ether oxygens (including phenoxy) is 1. The van der Waals surface area contributed by atoms with Gasteiger partial charge in [0, 0.05) is 19.6 Å². The maximum atomic E-state index is 5.65. The van der Waals surface area contributed by atoms with Crippen molar-refractivity contribution in [2.24, 2.45) is 10.7 Å². The number of aliphatic imine (C=N–C) groups is 1. The van der Waals surface area contributed by atoms with Gasteiger partial charge < -0.3 is 10.5 Å². The molecule has 3 N–H and O–H groups in total. The number of hydrogen-bond acceptors (Lipinski definition) is 3. The molecule has 76 valence electrons. The molecule has 1 fully saturated rings. The van der Waals surface area contributed by atoms with Crippen LogP contribution in [-0.2, 0) is 4.74 Å². The predicted octanol–water partition coefficient (Wildman–Crippen LogP) is -0.452. The minimum atomic E-state index is 0.503. The van der Waals surface area contributed by atoms with Crippen LogP contribution in [0.1, 0.15) is 13.3 Å². The SMILES string of the molecule is CCCN=C(N)NN1CCOCC1. The van der Waals surface area contributed by atoms with E-state index in [1.54, 1.807) is 0 Å². The summed E-state index contributed by atoms with van der Waals surface area (Å²) >= 11 is 0. The van der Waals surface area contributed by atoms with Gasteiger partial charge in [-0.2, -0.15) is 0 Å². The summed E-state index contributed by atoms with van der Waals surface area (Å²) in [5.41, 5.74) is 8.68. The zero-order valence-electron chi connectivity index (χ0n) is 8.12. The lowest BCUT2D eigenvalue weighted by atomic mass is 10.5. The lowest BCUT2D eigenvalue weighted by Crippen LogP contribution is -2.51. The van der Waals surface area contributed by atoms with Crippen molar-refractivity contribution in [3.8, 4) is 0 Å². The van der Waals surface area contributed by atoms with Crippen LogP contribution in [0.5, 0.6) is 0 Å². The summed E-state index contributed by atoms with van der Waals surface area (Å²) in [4.78, 5) is 4.14. The van der Waals surface area contributed by atoms with Crippen molar-refractivity contribution in [1.82, 2.24) is 10.4 Å². The van der Waals surface area contributed by atoms with E-state index >= 15 is 0 Å². The van der Waals surface area contributed by atoms with E-state index < -0.39 is 0 Å². The number of nitrogens with zero attached hydrogens (tertiary/aromatic N) is 2. The molecule has 0 radical (unpaired) electrons. The Balaban J connectivity index is 2.21. The third kappa shape index (κ3) is 4.10. The second-order valence-electron chi connectivity index (χ2n) is 2.98. The van der Waals surface area contributed by atoms with Crippen LogP contribution in [0.25, 0.3) is 0 Å². The van der Waals surface area contributed by atoms with Gasteiger partial charge in [0.15, 0.2) is 0 Å². The number of morpholine rings is 1. The Kier molecular flexibility index (Phi) is 4.56. The van der Waals surface area contributed by atoms with Gasteiger partial charge >= 0.3 is 0 Å². The first kappa shape index (κ1) is 10.3. The van der Waals surface area contributed by atoms with Gasteiger partial charge in [0.1, 0.15) is 0 Å². The smallest absolute Gasteiger partial charge is 0.203 e. The molecule has 0 amide bonds. The molecule has 0 bridgehead atoms. The van der Waals surface area contributed by atoms with Gasteiger partial charge in [0.2, 0.25) is 5.96 Å². The van der Waals surface area contributed by atoms with Gasteiger partial charge in [-0.05, 0) is 6.42 Å². The maximum Gasteiger partial charge on any atom is 0.203 e. The molecule has 0 aromatic heterocycles. The van der Waals surface area contributed by atoms with Crippen molar-refractivity contribution >= 4 is 5.96 Å². The molecule has 0 aromatic rings. The fourth-order valence-electron chi connectivity index (χ4n) is 1.10. The number of guanidine groups is 1. The fourth-order valence-corrected chi connectivity index (χ4v) is 1.10. The molecule has 0 spiro atoms. The Hall–Kier alpha value is -0.810. The highest BCUT2D eigenvalue weighted by Gasteiger charge is 2.09. The first-order chi connectivity index (χ1) is 6.33. The molecule has 1 saturated heterocycles. The Morgan fingerprint density at radius 1 is 1.54 bits per heavy atom. The highest BCUT2D eigenvalue weighted by atomic mass is 16.5. The largest absolute Gasteiger partial charge is 0.379 e. The Morgan fingerprint density at radius 2 is 2.23 bits per heavy atom. The second-order valence-corrected chi connectivity index (χ2v) is 2.98. The molecule has 1 aliphatic heterocycles. The number of hydrogen-bond donors (Lipinski definition) is 2. The Bertz CT molecular complexity index is 166. The quantitative estimate of drug-likeness (QED) is 0.463. The topological polar surface area (TPSA) is 62.9 Å². The van der Waals surface area contributed by atoms with E-state index in [4.69, 9.17) is 10.5 Å².